The number of nitrogens with two attached hydrogens (primary N) is 1. The van der Waals surface area contributed by atoms with Gasteiger partial charge in [0.2, 0.25) is 0 Å². The van der Waals surface area contributed by atoms with Gasteiger partial charge in [-0.15, -0.1) is 5.10 Å². The van der Waals surface area contributed by atoms with E-state index in [0.29, 0.717) is 11.6 Å². The predicted molar refractivity (Wildman–Crippen MR) is 59.0 cm³/mol. The molecule has 0 aliphatic rings. The van der Waals surface area contributed by atoms with Gasteiger partial charge in [-0.3, -0.25) is 0 Å². The van der Waals surface area contributed by atoms with Crippen molar-refractivity contribution in [1.29, 1.82) is 0 Å². The molecule has 0 aliphatic carbocycles. The number of aryl methyl sites for hydroxylation is 1. The molecule has 2 aromatic rings. The van der Waals surface area contributed by atoms with E-state index in [1.807, 2.05) is 25.1 Å². The van der Waals surface area contributed by atoms with Gasteiger partial charge in [-0.25, -0.2) is 4.68 Å². The molecular weight excluding hydrogens is 212 g/mol. The third-order valence-electron chi connectivity index (χ3n) is 2.22. The van der Waals surface area contributed by atoms with Crippen LogP contribution in [0.5, 0.6) is 0 Å². The minimum atomic E-state index is 0.412. The molecule has 15 heavy (non-hydrogen) atoms. The lowest BCUT2D eigenvalue weighted by atomic mass is 10.2. The van der Waals surface area contributed by atoms with E-state index in [2.05, 4.69) is 10.3 Å². The molecule has 0 saturated carbocycles. The largest absolute Gasteiger partial charge is 0.325 e. The second-order valence-electron chi connectivity index (χ2n) is 3.27. The Balaban J connectivity index is 2.54. The zero-order valence-electron chi connectivity index (χ0n) is 8.31. The van der Waals surface area contributed by atoms with Gasteiger partial charge in [-0.1, -0.05) is 16.8 Å². The van der Waals surface area contributed by atoms with Crippen molar-refractivity contribution in [3.8, 4) is 5.69 Å². The lowest BCUT2D eigenvalue weighted by Gasteiger charge is -2.07. The van der Waals surface area contributed by atoms with E-state index in [1.54, 1.807) is 10.9 Å². The van der Waals surface area contributed by atoms with Crippen LogP contribution in [0.15, 0.2) is 24.4 Å². The maximum Gasteiger partial charge on any atom is 0.0781 e. The molecule has 0 spiro atoms. The van der Waals surface area contributed by atoms with Gasteiger partial charge in [-0.2, -0.15) is 0 Å². The fraction of sp³-hybridized carbons (Fsp3) is 0.200. The molecular formula is C10H11ClN4. The second kappa shape index (κ2) is 4.00. The van der Waals surface area contributed by atoms with Crippen LogP contribution in [0.3, 0.4) is 0 Å². The van der Waals surface area contributed by atoms with Gasteiger partial charge in [-0.05, 0) is 30.7 Å². The van der Waals surface area contributed by atoms with Crippen molar-refractivity contribution >= 4 is 11.6 Å². The number of nitrogens with zero attached hydrogens (tertiary/aromatic N) is 3. The van der Waals surface area contributed by atoms with Crippen LogP contribution in [0, 0.1) is 6.92 Å². The average Bonchev–Trinajstić information content (AvgIpc) is 2.65. The Labute approximate surface area is 92.7 Å². The van der Waals surface area contributed by atoms with E-state index in [1.165, 1.54) is 0 Å². The molecule has 0 fully saturated rings. The summed E-state index contributed by atoms with van der Waals surface area (Å²) in [6, 6.07) is 5.62. The Morgan fingerprint density at radius 2 is 2.27 bits per heavy atom. The highest BCUT2D eigenvalue weighted by Crippen LogP contribution is 2.19. The molecule has 2 N–H and O–H groups in total. The van der Waals surface area contributed by atoms with Crippen LogP contribution in [-0.4, -0.2) is 15.0 Å². The van der Waals surface area contributed by atoms with E-state index in [9.17, 15) is 0 Å². The van der Waals surface area contributed by atoms with Crippen LogP contribution in [0.4, 0.5) is 0 Å². The van der Waals surface area contributed by atoms with Gasteiger partial charge in [0.15, 0.2) is 0 Å². The Morgan fingerprint density at radius 1 is 1.47 bits per heavy atom. The quantitative estimate of drug-likeness (QED) is 0.841. The van der Waals surface area contributed by atoms with E-state index in [4.69, 9.17) is 17.3 Å². The second-order valence-corrected chi connectivity index (χ2v) is 3.71. The molecule has 1 aromatic carbocycles. The number of benzene rings is 1. The number of halogens is 1. The van der Waals surface area contributed by atoms with E-state index >= 15 is 0 Å². The summed E-state index contributed by atoms with van der Waals surface area (Å²) in [5, 5.41) is 8.54. The van der Waals surface area contributed by atoms with Gasteiger partial charge in [0, 0.05) is 11.6 Å². The summed E-state index contributed by atoms with van der Waals surface area (Å²) in [6.45, 7) is 2.39. The topological polar surface area (TPSA) is 56.7 Å². The molecule has 0 radical (unpaired) electrons. The molecule has 1 aromatic heterocycles. The Bertz CT molecular complexity index is 478. The normalized spacial score (nSPS) is 10.6. The zero-order valence-corrected chi connectivity index (χ0v) is 9.07. The highest BCUT2D eigenvalue weighted by molar-refractivity contribution is 6.30. The van der Waals surface area contributed by atoms with Crippen LogP contribution in [0.25, 0.3) is 5.69 Å². The summed E-state index contributed by atoms with van der Waals surface area (Å²) in [5.41, 5.74) is 8.46. The molecule has 1 heterocycles. The van der Waals surface area contributed by atoms with Gasteiger partial charge in [0.25, 0.3) is 0 Å². The van der Waals surface area contributed by atoms with Crippen LogP contribution >= 0.6 is 11.6 Å². The monoisotopic (exact) mass is 222 g/mol. The SMILES string of the molecule is Cc1cc(Cl)ccc1-n1nncc1CN. The zero-order chi connectivity index (χ0) is 10.8. The van der Waals surface area contributed by atoms with Crippen LogP contribution in [0.1, 0.15) is 11.3 Å². The molecule has 0 saturated heterocycles. The molecule has 78 valence electrons. The minimum absolute atomic E-state index is 0.412. The first kappa shape index (κ1) is 10.1. The highest BCUT2D eigenvalue weighted by atomic mass is 35.5. The molecule has 0 atom stereocenters. The van der Waals surface area contributed by atoms with E-state index in [0.717, 1.165) is 16.9 Å². The fourth-order valence-corrected chi connectivity index (χ4v) is 1.68. The first-order valence-corrected chi connectivity index (χ1v) is 4.96. The van der Waals surface area contributed by atoms with Crippen molar-refractivity contribution in [1.82, 2.24) is 15.0 Å². The van der Waals surface area contributed by atoms with E-state index < -0.39 is 0 Å². The molecule has 0 unspecified atom stereocenters. The minimum Gasteiger partial charge on any atom is -0.325 e. The Hall–Kier alpha value is -1.39. The van der Waals surface area contributed by atoms with Gasteiger partial charge in [0.1, 0.15) is 0 Å². The van der Waals surface area contributed by atoms with Crippen molar-refractivity contribution in [3.05, 3.63) is 40.7 Å². The van der Waals surface area contributed by atoms with Crippen molar-refractivity contribution in [2.24, 2.45) is 5.73 Å². The van der Waals surface area contributed by atoms with Gasteiger partial charge >= 0.3 is 0 Å². The van der Waals surface area contributed by atoms with Crippen molar-refractivity contribution in [2.45, 2.75) is 13.5 Å². The summed E-state index contributed by atoms with van der Waals surface area (Å²) in [7, 11) is 0. The highest BCUT2D eigenvalue weighted by Gasteiger charge is 2.07. The van der Waals surface area contributed by atoms with Crippen molar-refractivity contribution in [3.63, 3.8) is 0 Å². The van der Waals surface area contributed by atoms with E-state index in [-0.39, 0.29) is 0 Å². The molecule has 0 bridgehead atoms. The van der Waals surface area contributed by atoms with Gasteiger partial charge < -0.3 is 5.73 Å². The number of aromatic nitrogens is 3. The van der Waals surface area contributed by atoms with Crippen molar-refractivity contribution < 1.29 is 0 Å². The summed E-state index contributed by atoms with van der Waals surface area (Å²) < 4.78 is 1.73. The van der Waals surface area contributed by atoms with Crippen molar-refractivity contribution in [2.75, 3.05) is 0 Å². The van der Waals surface area contributed by atoms with Gasteiger partial charge in [0.05, 0.1) is 17.6 Å². The number of hydrogen-bond donors (Lipinski definition) is 1. The maximum absolute atomic E-state index is 5.88. The number of rotatable bonds is 2. The summed E-state index contributed by atoms with van der Waals surface area (Å²) in [4.78, 5) is 0. The molecule has 2 rings (SSSR count). The third-order valence-corrected chi connectivity index (χ3v) is 2.45. The maximum atomic E-state index is 5.88. The molecule has 5 heteroatoms. The number of hydrogen-bond acceptors (Lipinski definition) is 3. The Kier molecular flexibility index (Phi) is 2.70. The molecule has 4 nitrogen and oxygen atoms in total. The summed E-state index contributed by atoms with van der Waals surface area (Å²) in [5.74, 6) is 0. The Morgan fingerprint density at radius 3 is 2.93 bits per heavy atom. The van der Waals surface area contributed by atoms with Crippen LogP contribution < -0.4 is 5.73 Å². The molecule has 0 aliphatic heterocycles. The van der Waals surface area contributed by atoms with Crippen LogP contribution in [0.2, 0.25) is 5.02 Å². The lowest BCUT2D eigenvalue weighted by molar-refractivity contribution is 0.757. The lowest BCUT2D eigenvalue weighted by Crippen LogP contribution is -2.08. The fourth-order valence-electron chi connectivity index (χ4n) is 1.45. The smallest absolute Gasteiger partial charge is 0.0781 e. The summed E-state index contributed by atoms with van der Waals surface area (Å²) in [6.07, 6.45) is 1.66. The average molecular weight is 223 g/mol. The first-order valence-electron chi connectivity index (χ1n) is 4.58. The summed E-state index contributed by atoms with van der Waals surface area (Å²) >= 11 is 5.88. The predicted octanol–water partition coefficient (Wildman–Crippen LogP) is 1.69. The standard InChI is InChI=1S/C10H11ClN4/c1-7-4-8(11)2-3-10(7)15-9(5-12)6-13-14-15/h2-4,6H,5,12H2,1H3. The first-order chi connectivity index (χ1) is 7.22. The third kappa shape index (κ3) is 1.86. The van der Waals surface area contributed by atoms with Crippen LogP contribution in [-0.2, 0) is 6.54 Å². The molecule has 0 amide bonds.